The SMILES string of the molecule is CC(C)(C)n1cc(C#N)c2c1NC1=C(C(=O)OC1)[C@@]21C(=O)c2cccc3cccc1c23. The van der Waals surface area contributed by atoms with Gasteiger partial charge in [-0.05, 0) is 37.1 Å². The summed E-state index contributed by atoms with van der Waals surface area (Å²) >= 11 is 0. The number of esters is 1. The minimum Gasteiger partial charge on any atom is -0.456 e. The molecule has 3 aromatic rings. The van der Waals surface area contributed by atoms with Gasteiger partial charge < -0.3 is 14.6 Å². The number of hydrogen-bond donors (Lipinski definition) is 1. The van der Waals surface area contributed by atoms with Crippen LogP contribution in [0.1, 0.15) is 47.8 Å². The lowest BCUT2D eigenvalue weighted by Crippen LogP contribution is -2.42. The topological polar surface area (TPSA) is 84.1 Å². The second-order valence-electron chi connectivity index (χ2n) is 9.26. The van der Waals surface area contributed by atoms with Gasteiger partial charge in [0.25, 0.3) is 0 Å². The van der Waals surface area contributed by atoms with E-state index in [2.05, 4.69) is 11.4 Å². The summed E-state index contributed by atoms with van der Waals surface area (Å²) in [6.45, 7) is 6.19. The molecule has 0 saturated heterocycles. The highest BCUT2D eigenvalue weighted by atomic mass is 16.5. The molecule has 6 rings (SSSR count). The first-order chi connectivity index (χ1) is 14.8. The maximum absolute atomic E-state index is 14.2. The van der Waals surface area contributed by atoms with Crippen LogP contribution in [-0.2, 0) is 20.5 Å². The number of anilines is 1. The standard InChI is InChI=1S/C25H19N3O3/c1-24(2,3)28-11-14(10-26)19-22(28)27-17-12-31-23(30)20(17)25(19)16-9-5-7-13-6-4-8-15(18(13)16)21(25)29/h4-9,11,27H,12H2,1-3H3/t25-/m0/s1. The van der Waals surface area contributed by atoms with E-state index in [0.717, 1.165) is 16.3 Å². The zero-order valence-electron chi connectivity index (χ0n) is 17.4. The molecule has 0 unspecified atom stereocenters. The van der Waals surface area contributed by atoms with Crippen molar-refractivity contribution in [2.45, 2.75) is 31.7 Å². The maximum atomic E-state index is 14.2. The van der Waals surface area contributed by atoms with Gasteiger partial charge in [0.05, 0.1) is 16.8 Å². The first-order valence-electron chi connectivity index (χ1n) is 10.2. The lowest BCUT2D eigenvalue weighted by Gasteiger charge is -2.36. The molecule has 2 aromatic carbocycles. The Bertz CT molecular complexity index is 1440. The lowest BCUT2D eigenvalue weighted by molar-refractivity contribution is -0.136. The highest BCUT2D eigenvalue weighted by Crippen LogP contribution is 2.58. The third-order valence-corrected chi connectivity index (χ3v) is 6.62. The number of Topliss-reactive ketones (excluding diaryl/α,β-unsaturated/α-hetero) is 1. The van der Waals surface area contributed by atoms with Crippen molar-refractivity contribution < 1.29 is 14.3 Å². The Labute approximate surface area is 178 Å². The fourth-order valence-corrected chi connectivity index (χ4v) is 5.44. The largest absolute Gasteiger partial charge is 0.456 e. The molecule has 0 saturated carbocycles. The zero-order valence-corrected chi connectivity index (χ0v) is 17.4. The monoisotopic (exact) mass is 409 g/mol. The van der Waals surface area contributed by atoms with Crippen LogP contribution in [0.15, 0.2) is 53.9 Å². The number of rotatable bonds is 0. The van der Waals surface area contributed by atoms with Crippen molar-refractivity contribution in [2.75, 3.05) is 11.9 Å². The van der Waals surface area contributed by atoms with Crippen molar-refractivity contribution in [1.29, 1.82) is 5.26 Å². The summed E-state index contributed by atoms with van der Waals surface area (Å²) in [6.07, 6.45) is 1.78. The zero-order chi connectivity index (χ0) is 21.7. The Kier molecular flexibility index (Phi) is 3.15. The van der Waals surface area contributed by atoms with E-state index in [9.17, 15) is 14.9 Å². The van der Waals surface area contributed by atoms with Crippen molar-refractivity contribution >= 4 is 28.3 Å². The van der Waals surface area contributed by atoms with E-state index in [1.165, 1.54) is 0 Å². The Morgan fingerprint density at radius 3 is 2.61 bits per heavy atom. The minimum absolute atomic E-state index is 0.0756. The van der Waals surface area contributed by atoms with E-state index < -0.39 is 11.4 Å². The van der Waals surface area contributed by atoms with E-state index in [0.29, 0.717) is 33.8 Å². The second-order valence-corrected chi connectivity index (χ2v) is 9.26. The third-order valence-electron chi connectivity index (χ3n) is 6.62. The second kappa shape index (κ2) is 5.44. The molecule has 2 aliphatic heterocycles. The number of carbonyl (C=O) groups is 2. The first kappa shape index (κ1) is 18.0. The van der Waals surface area contributed by atoms with Gasteiger partial charge >= 0.3 is 5.97 Å². The molecule has 0 amide bonds. The molecular weight excluding hydrogens is 390 g/mol. The van der Waals surface area contributed by atoms with Gasteiger partial charge in [-0.2, -0.15) is 5.26 Å². The van der Waals surface area contributed by atoms with Gasteiger partial charge in [0.2, 0.25) is 0 Å². The fourth-order valence-electron chi connectivity index (χ4n) is 5.44. The predicted octanol–water partition coefficient (Wildman–Crippen LogP) is 3.99. The van der Waals surface area contributed by atoms with Crippen molar-refractivity contribution in [1.82, 2.24) is 4.57 Å². The van der Waals surface area contributed by atoms with Gasteiger partial charge in [0.15, 0.2) is 5.78 Å². The van der Waals surface area contributed by atoms with Gasteiger partial charge in [-0.1, -0.05) is 36.4 Å². The number of nitrogens with one attached hydrogen (secondary N) is 1. The summed E-state index contributed by atoms with van der Waals surface area (Å²) in [6, 6.07) is 13.7. The first-order valence-corrected chi connectivity index (χ1v) is 10.2. The fraction of sp³-hybridized carbons (Fsp3) is 0.240. The van der Waals surface area contributed by atoms with Crippen LogP contribution in [0.3, 0.4) is 0 Å². The van der Waals surface area contributed by atoms with Crippen LogP contribution >= 0.6 is 0 Å². The van der Waals surface area contributed by atoms with Crippen molar-refractivity contribution in [3.05, 3.63) is 76.1 Å². The summed E-state index contributed by atoms with van der Waals surface area (Å²) in [7, 11) is 0. The number of benzene rings is 2. The predicted molar refractivity (Wildman–Crippen MR) is 115 cm³/mol. The van der Waals surface area contributed by atoms with Gasteiger partial charge in [0, 0.05) is 22.9 Å². The summed E-state index contributed by atoms with van der Waals surface area (Å²) in [5.74, 6) is -0.0328. The average molecular weight is 409 g/mol. The minimum atomic E-state index is -1.39. The van der Waals surface area contributed by atoms with E-state index in [1.54, 1.807) is 12.3 Å². The van der Waals surface area contributed by atoms with Gasteiger partial charge in [0.1, 0.15) is 23.9 Å². The molecule has 6 heteroatoms. The molecule has 0 fully saturated rings. The summed E-state index contributed by atoms with van der Waals surface area (Å²) < 4.78 is 7.39. The molecule has 31 heavy (non-hydrogen) atoms. The van der Waals surface area contributed by atoms with E-state index in [1.807, 2.05) is 55.7 Å². The number of ether oxygens (including phenoxy) is 1. The van der Waals surface area contributed by atoms with E-state index >= 15 is 0 Å². The number of hydrogen-bond acceptors (Lipinski definition) is 5. The maximum Gasteiger partial charge on any atom is 0.338 e. The van der Waals surface area contributed by atoms with Crippen LogP contribution < -0.4 is 5.32 Å². The highest BCUT2D eigenvalue weighted by Gasteiger charge is 2.61. The number of nitrogens with zero attached hydrogens (tertiary/aromatic N) is 2. The molecule has 1 atom stereocenters. The van der Waals surface area contributed by atoms with Crippen molar-refractivity contribution in [2.24, 2.45) is 0 Å². The molecular formula is C25H19N3O3. The normalized spacial score (nSPS) is 21.2. The number of nitriles is 1. The van der Waals surface area contributed by atoms with Gasteiger partial charge in [-0.3, -0.25) is 4.79 Å². The Morgan fingerprint density at radius 2 is 1.90 bits per heavy atom. The van der Waals surface area contributed by atoms with Crippen LogP contribution in [0, 0.1) is 11.3 Å². The van der Waals surface area contributed by atoms with Crippen LogP contribution in [-0.4, -0.2) is 22.9 Å². The Hall–Kier alpha value is -3.85. The van der Waals surface area contributed by atoms with Crippen molar-refractivity contribution in [3.63, 3.8) is 0 Å². The Balaban J connectivity index is 1.84. The summed E-state index contributed by atoms with van der Waals surface area (Å²) in [5.41, 5.74) is 1.37. The van der Waals surface area contributed by atoms with Gasteiger partial charge in [-0.25, -0.2) is 4.79 Å². The molecule has 1 aromatic heterocycles. The van der Waals surface area contributed by atoms with Crippen LogP contribution in [0.25, 0.3) is 10.8 Å². The third kappa shape index (κ3) is 1.92. The van der Waals surface area contributed by atoms with Crippen LogP contribution in [0.2, 0.25) is 0 Å². The molecule has 1 aliphatic carbocycles. The molecule has 0 radical (unpaired) electrons. The average Bonchev–Trinajstić information content (AvgIpc) is 3.38. The number of ketones is 1. The molecule has 152 valence electrons. The molecule has 1 spiro atoms. The van der Waals surface area contributed by atoms with Crippen LogP contribution in [0.4, 0.5) is 5.82 Å². The molecule has 3 heterocycles. The molecule has 3 aliphatic rings. The van der Waals surface area contributed by atoms with Crippen molar-refractivity contribution in [3.8, 4) is 6.07 Å². The summed E-state index contributed by atoms with van der Waals surface area (Å²) in [5, 5.41) is 15.2. The van der Waals surface area contributed by atoms with E-state index in [-0.39, 0.29) is 17.9 Å². The molecule has 6 nitrogen and oxygen atoms in total. The molecule has 1 N–H and O–H groups in total. The number of fused-ring (bicyclic) bond motifs is 4. The summed E-state index contributed by atoms with van der Waals surface area (Å²) in [4.78, 5) is 27.3. The van der Waals surface area contributed by atoms with Crippen LogP contribution in [0.5, 0.6) is 0 Å². The smallest absolute Gasteiger partial charge is 0.338 e. The number of carbonyl (C=O) groups excluding carboxylic acids is 2. The number of aromatic nitrogens is 1. The number of cyclic esters (lactones) is 1. The Morgan fingerprint density at radius 1 is 1.16 bits per heavy atom. The lowest BCUT2D eigenvalue weighted by atomic mass is 9.66. The van der Waals surface area contributed by atoms with Gasteiger partial charge in [-0.15, -0.1) is 0 Å². The highest BCUT2D eigenvalue weighted by molar-refractivity contribution is 6.27. The molecule has 0 bridgehead atoms. The van der Waals surface area contributed by atoms with E-state index in [4.69, 9.17) is 4.74 Å². The quantitative estimate of drug-likeness (QED) is 0.568.